The molecule has 0 saturated carbocycles. The Morgan fingerprint density at radius 1 is 1.36 bits per heavy atom. The quantitative estimate of drug-likeness (QED) is 0.335. The molecule has 2 rings (SSSR count). The van der Waals surface area contributed by atoms with Crippen molar-refractivity contribution in [1.29, 1.82) is 0 Å². The Balaban J connectivity index is 0.00000312. The van der Waals surface area contributed by atoms with Crippen molar-refractivity contribution in [2.75, 3.05) is 39.8 Å². The number of hydrogen-bond acceptors (Lipinski definition) is 4. The predicted molar refractivity (Wildman–Crippen MR) is 112 cm³/mol. The number of hydrogen-bond donors (Lipinski definition) is 3. The molecular formula is C17H33IN6O. The van der Waals surface area contributed by atoms with Crippen molar-refractivity contribution >= 4 is 29.9 Å². The van der Waals surface area contributed by atoms with E-state index in [1.807, 2.05) is 20.2 Å². The standard InChI is InChI=1S/C17H32N6O.HI/c1-5-18-16(19-10-14-6-8-22(3)9-7-14)20-13-17(2,24)15-11-21-23(4)12-15;/h11-12,14,24H,5-10,13H2,1-4H3,(H2,18,19,20);1H. The molecule has 7 nitrogen and oxygen atoms in total. The van der Waals surface area contributed by atoms with Crippen LogP contribution in [0.25, 0.3) is 0 Å². The van der Waals surface area contributed by atoms with E-state index in [0.29, 0.717) is 12.5 Å². The van der Waals surface area contributed by atoms with Crippen LogP contribution in [0.15, 0.2) is 17.4 Å². The zero-order valence-corrected chi connectivity index (χ0v) is 18.2. The monoisotopic (exact) mass is 464 g/mol. The summed E-state index contributed by atoms with van der Waals surface area (Å²) in [7, 11) is 4.02. The van der Waals surface area contributed by atoms with Gasteiger partial charge in [0.2, 0.25) is 0 Å². The van der Waals surface area contributed by atoms with E-state index < -0.39 is 5.60 Å². The van der Waals surface area contributed by atoms with E-state index >= 15 is 0 Å². The smallest absolute Gasteiger partial charge is 0.191 e. The summed E-state index contributed by atoms with van der Waals surface area (Å²) in [5.74, 6) is 1.45. The number of aliphatic imine (C=N–C) groups is 1. The molecule has 0 bridgehead atoms. The summed E-state index contributed by atoms with van der Waals surface area (Å²) < 4.78 is 1.69. The summed E-state index contributed by atoms with van der Waals surface area (Å²) >= 11 is 0. The van der Waals surface area contributed by atoms with Gasteiger partial charge < -0.3 is 20.6 Å². The number of aromatic nitrogens is 2. The van der Waals surface area contributed by atoms with E-state index in [-0.39, 0.29) is 24.0 Å². The highest BCUT2D eigenvalue weighted by molar-refractivity contribution is 14.0. The minimum atomic E-state index is -1.02. The first-order valence-corrected chi connectivity index (χ1v) is 8.83. The van der Waals surface area contributed by atoms with Crippen LogP contribution in [0.1, 0.15) is 32.3 Å². The lowest BCUT2D eigenvalue weighted by Crippen LogP contribution is -2.43. The molecule has 0 spiro atoms. The molecule has 25 heavy (non-hydrogen) atoms. The Morgan fingerprint density at radius 3 is 2.60 bits per heavy atom. The van der Waals surface area contributed by atoms with Crippen LogP contribution in [0.5, 0.6) is 0 Å². The predicted octanol–water partition coefficient (Wildman–Crippen LogP) is 1.14. The Labute approximate surface area is 168 Å². The fourth-order valence-corrected chi connectivity index (χ4v) is 2.87. The lowest BCUT2D eigenvalue weighted by Gasteiger charge is -2.29. The van der Waals surface area contributed by atoms with E-state index in [1.54, 1.807) is 17.8 Å². The fraction of sp³-hybridized carbons (Fsp3) is 0.765. The van der Waals surface area contributed by atoms with Crippen LogP contribution in [-0.2, 0) is 12.6 Å². The molecule has 8 heteroatoms. The summed E-state index contributed by atoms with van der Waals surface area (Å²) in [4.78, 5) is 6.94. The van der Waals surface area contributed by atoms with Crippen LogP contribution in [0.4, 0.5) is 0 Å². The van der Waals surface area contributed by atoms with Crippen LogP contribution < -0.4 is 10.6 Å². The third-order valence-corrected chi connectivity index (χ3v) is 4.61. The van der Waals surface area contributed by atoms with Gasteiger partial charge in [-0.25, -0.2) is 4.99 Å². The van der Waals surface area contributed by atoms with Gasteiger partial charge in [0.1, 0.15) is 5.60 Å². The molecule has 1 fully saturated rings. The molecule has 1 aliphatic heterocycles. The summed E-state index contributed by atoms with van der Waals surface area (Å²) in [6.45, 7) is 8.16. The Hall–Kier alpha value is -0.870. The molecule has 1 saturated heterocycles. The number of likely N-dealkylation sites (tertiary alicyclic amines) is 1. The van der Waals surface area contributed by atoms with Crippen molar-refractivity contribution in [2.24, 2.45) is 18.0 Å². The van der Waals surface area contributed by atoms with Gasteiger partial charge in [-0.3, -0.25) is 4.68 Å². The van der Waals surface area contributed by atoms with Gasteiger partial charge >= 0.3 is 0 Å². The highest BCUT2D eigenvalue weighted by Crippen LogP contribution is 2.20. The number of piperidine rings is 1. The van der Waals surface area contributed by atoms with Gasteiger partial charge in [0, 0.05) is 31.9 Å². The normalized spacial score (nSPS) is 19.2. The summed E-state index contributed by atoms with van der Waals surface area (Å²) in [5.41, 5.74) is -0.246. The number of nitrogens with zero attached hydrogens (tertiary/aromatic N) is 4. The molecule has 1 unspecified atom stereocenters. The maximum atomic E-state index is 10.6. The van der Waals surface area contributed by atoms with Gasteiger partial charge in [-0.1, -0.05) is 0 Å². The summed E-state index contributed by atoms with van der Waals surface area (Å²) in [5, 5.41) is 21.4. The van der Waals surface area contributed by atoms with Crippen molar-refractivity contribution in [1.82, 2.24) is 25.3 Å². The highest BCUT2D eigenvalue weighted by Gasteiger charge is 2.24. The lowest BCUT2D eigenvalue weighted by molar-refractivity contribution is 0.0671. The molecule has 0 aromatic carbocycles. The molecule has 0 aliphatic carbocycles. The van der Waals surface area contributed by atoms with E-state index in [1.165, 1.54) is 12.8 Å². The average Bonchev–Trinajstić information content (AvgIpc) is 2.99. The number of rotatable bonds is 6. The third kappa shape index (κ3) is 7.10. The molecule has 0 radical (unpaired) electrons. The van der Waals surface area contributed by atoms with Gasteiger partial charge in [-0.2, -0.15) is 5.10 Å². The van der Waals surface area contributed by atoms with Crippen molar-refractivity contribution in [3.63, 3.8) is 0 Å². The SMILES string of the molecule is CCNC(=NCC(C)(O)c1cnn(C)c1)NCC1CCN(C)CC1.I. The number of nitrogens with one attached hydrogen (secondary N) is 2. The summed E-state index contributed by atoms with van der Waals surface area (Å²) in [6.07, 6.45) is 5.95. The average molecular weight is 464 g/mol. The molecular weight excluding hydrogens is 431 g/mol. The van der Waals surface area contributed by atoms with Crippen LogP contribution >= 0.6 is 24.0 Å². The number of aryl methyl sites for hydroxylation is 1. The first kappa shape index (κ1) is 22.2. The van der Waals surface area contributed by atoms with E-state index in [0.717, 1.165) is 37.7 Å². The van der Waals surface area contributed by atoms with Crippen LogP contribution in [0.2, 0.25) is 0 Å². The van der Waals surface area contributed by atoms with Crippen molar-refractivity contribution < 1.29 is 5.11 Å². The van der Waals surface area contributed by atoms with E-state index in [4.69, 9.17) is 0 Å². The molecule has 144 valence electrons. The molecule has 1 atom stereocenters. The topological polar surface area (TPSA) is 77.7 Å². The van der Waals surface area contributed by atoms with Gasteiger partial charge in [-0.15, -0.1) is 24.0 Å². The number of halogens is 1. The minimum Gasteiger partial charge on any atom is -0.383 e. The Bertz CT molecular complexity index is 537. The van der Waals surface area contributed by atoms with Crippen molar-refractivity contribution in [3.8, 4) is 0 Å². The van der Waals surface area contributed by atoms with Crippen LogP contribution in [-0.4, -0.2) is 65.5 Å². The first-order chi connectivity index (χ1) is 11.4. The third-order valence-electron chi connectivity index (χ3n) is 4.61. The number of aliphatic hydroxyl groups is 1. The second-order valence-corrected chi connectivity index (χ2v) is 7.00. The second kappa shape index (κ2) is 10.3. The van der Waals surface area contributed by atoms with Crippen molar-refractivity contribution in [3.05, 3.63) is 18.0 Å². The second-order valence-electron chi connectivity index (χ2n) is 7.00. The van der Waals surface area contributed by atoms with Gasteiger partial charge in [0.05, 0.1) is 12.7 Å². The van der Waals surface area contributed by atoms with Gasteiger partial charge in [-0.05, 0) is 52.7 Å². The molecule has 3 N–H and O–H groups in total. The van der Waals surface area contributed by atoms with Crippen LogP contribution in [0.3, 0.4) is 0 Å². The molecule has 1 aromatic heterocycles. The summed E-state index contributed by atoms with van der Waals surface area (Å²) in [6, 6.07) is 0. The van der Waals surface area contributed by atoms with Crippen molar-refractivity contribution in [2.45, 2.75) is 32.3 Å². The zero-order valence-electron chi connectivity index (χ0n) is 15.8. The van der Waals surface area contributed by atoms with Gasteiger partial charge in [0.25, 0.3) is 0 Å². The molecule has 1 aromatic rings. The Morgan fingerprint density at radius 2 is 2.04 bits per heavy atom. The number of guanidine groups is 1. The zero-order chi connectivity index (χ0) is 17.6. The molecule has 2 heterocycles. The van der Waals surface area contributed by atoms with E-state index in [2.05, 4.69) is 32.7 Å². The lowest BCUT2D eigenvalue weighted by atomic mass is 9.97. The first-order valence-electron chi connectivity index (χ1n) is 8.83. The van der Waals surface area contributed by atoms with Gasteiger partial charge in [0.15, 0.2) is 5.96 Å². The van der Waals surface area contributed by atoms with E-state index in [9.17, 15) is 5.11 Å². The largest absolute Gasteiger partial charge is 0.383 e. The molecule has 1 aliphatic rings. The highest BCUT2D eigenvalue weighted by atomic mass is 127. The minimum absolute atomic E-state index is 0. The molecule has 0 amide bonds. The maximum Gasteiger partial charge on any atom is 0.191 e. The Kier molecular flexibility index (Phi) is 9.15. The maximum absolute atomic E-state index is 10.6. The fourth-order valence-electron chi connectivity index (χ4n) is 2.87. The van der Waals surface area contributed by atoms with Crippen LogP contribution in [0, 0.1) is 5.92 Å².